The molecule has 3 rings (SSSR count). The molecule has 1 unspecified atom stereocenters. The third-order valence-electron chi connectivity index (χ3n) is 3.38. The minimum absolute atomic E-state index is 0.0784. The van der Waals surface area contributed by atoms with Gasteiger partial charge in [-0.1, -0.05) is 12.5 Å². The van der Waals surface area contributed by atoms with Crippen molar-refractivity contribution in [1.29, 1.82) is 0 Å². The predicted octanol–water partition coefficient (Wildman–Crippen LogP) is 2.90. The molecule has 94 valence electrons. The van der Waals surface area contributed by atoms with Crippen LogP contribution in [0.2, 0.25) is 0 Å². The van der Waals surface area contributed by atoms with Crippen LogP contribution in [0.1, 0.15) is 29.8 Å². The first-order valence-corrected chi connectivity index (χ1v) is 6.21. The lowest BCUT2D eigenvalue weighted by molar-refractivity contribution is 0.0901. The van der Waals surface area contributed by atoms with E-state index in [1.165, 1.54) is 12.1 Å². The van der Waals surface area contributed by atoms with Gasteiger partial charge in [-0.05, 0) is 37.6 Å². The second kappa shape index (κ2) is 4.53. The number of rotatable bonds is 2. The van der Waals surface area contributed by atoms with E-state index in [1.807, 2.05) is 0 Å². The van der Waals surface area contributed by atoms with Gasteiger partial charge in [0.25, 0.3) is 0 Å². The van der Waals surface area contributed by atoms with Crippen molar-refractivity contribution in [2.24, 2.45) is 0 Å². The first kappa shape index (κ1) is 11.4. The van der Waals surface area contributed by atoms with E-state index in [9.17, 15) is 9.18 Å². The first-order chi connectivity index (χ1) is 8.75. The van der Waals surface area contributed by atoms with Gasteiger partial charge < -0.3 is 9.73 Å². The Morgan fingerprint density at radius 3 is 3.00 bits per heavy atom. The number of piperidine rings is 1. The number of carbonyl (C=O) groups excluding carboxylic acids is 1. The summed E-state index contributed by atoms with van der Waals surface area (Å²) in [6.07, 6.45) is 2.95. The molecule has 2 heterocycles. The molecule has 1 aliphatic heterocycles. The Labute approximate surface area is 104 Å². The molecule has 1 N–H and O–H groups in total. The summed E-state index contributed by atoms with van der Waals surface area (Å²) >= 11 is 0. The molecule has 1 aliphatic rings. The fourth-order valence-electron chi connectivity index (χ4n) is 2.39. The number of hydrogen-bond acceptors (Lipinski definition) is 3. The Balaban J connectivity index is 1.94. The molecule has 0 saturated carbocycles. The van der Waals surface area contributed by atoms with Gasteiger partial charge in [-0.2, -0.15) is 0 Å². The molecule has 0 aliphatic carbocycles. The third kappa shape index (κ3) is 1.93. The zero-order chi connectivity index (χ0) is 12.5. The van der Waals surface area contributed by atoms with Gasteiger partial charge in [0.05, 0.1) is 11.4 Å². The minimum atomic E-state index is -0.355. The third-order valence-corrected chi connectivity index (χ3v) is 3.38. The molecule has 0 amide bonds. The summed E-state index contributed by atoms with van der Waals surface area (Å²) in [6, 6.07) is 5.92. The highest BCUT2D eigenvalue weighted by Crippen LogP contribution is 2.24. The Kier molecular flexibility index (Phi) is 2.88. The monoisotopic (exact) mass is 247 g/mol. The van der Waals surface area contributed by atoms with Crippen molar-refractivity contribution >= 4 is 16.8 Å². The highest BCUT2D eigenvalue weighted by molar-refractivity contribution is 6.01. The molecule has 0 radical (unpaired) electrons. The lowest BCUT2D eigenvalue weighted by atomic mass is 10.00. The van der Waals surface area contributed by atoms with Gasteiger partial charge in [-0.3, -0.25) is 4.79 Å². The Morgan fingerprint density at radius 2 is 2.28 bits per heavy atom. The Hall–Kier alpha value is -1.68. The molecule has 3 nitrogen and oxygen atoms in total. The summed E-state index contributed by atoms with van der Waals surface area (Å²) in [6.45, 7) is 0.852. The maximum absolute atomic E-state index is 13.5. The van der Waals surface area contributed by atoms with Crippen LogP contribution in [-0.4, -0.2) is 18.4 Å². The highest BCUT2D eigenvalue weighted by Gasteiger charge is 2.25. The SMILES string of the molecule is O=C(c1cc2c(F)cccc2o1)C1CCCCN1. The van der Waals surface area contributed by atoms with E-state index < -0.39 is 0 Å². The largest absolute Gasteiger partial charge is 0.453 e. The summed E-state index contributed by atoms with van der Waals surface area (Å²) in [5, 5.41) is 3.54. The molecular weight excluding hydrogens is 233 g/mol. The topological polar surface area (TPSA) is 42.2 Å². The van der Waals surface area contributed by atoms with Crippen LogP contribution in [0.25, 0.3) is 11.0 Å². The van der Waals surface area contributed by atoms with Crippen LogP contribution in [0.3, 0.4) is 0 Å². The van der Waals surface area contributed by atoms with Crippen LogP contribution in [0, 0.1) is 5.82 Å². The maximum atomic E-state index is 13.5. The fourth-order valence-corrected chi connectivity index (χ4v) is 2.39. The number of furan rings is 1. The van der Waals surface area contributed by atoms with E-state index in [-0.39, 0.29) is 23.4 Å². The lowest BCUT2D eigenvalue weighted by Crippen LogP contribution is -2.40. The van der Waals surface area contributed by atoms with Crippen molar-refractivity contribution < 1.29 is 13.6 Å². The minimum Gasteiger partial charge on any atom is -0.453 e. The quantitative estimate of drug-likeness (QED) is 0.830. The van der Waals surface area contributed by atoms with Crippen molar-refractivity contribution in [3.05, 3.63) is 35.8 Å². The number of nitrogens with one attached hydrogen (secondary N) is 1. The number of hydrogen-bond donors (Lipinski definition) is 1. The van der Waals surface area contributed by atoms with E-state index in [2.05, 4.69) is 5.32 Å². The molecule has 1 atom stereocenters. The van der Waals surface area contributed by atoms with Crippen molar-refractivity contribution in [3.63, 3.8) is 0 Å². The van der Waals surface area contributed by atoms with Gasteiger partial charge in [0.1, 0.15) is 11.4 Å². The molecule has 4 heteroatoms. The molecule has 1 saturated heterocycles. The summed E-state index contributed by atoms with van der Waals surface area (Å²) < 4.78 is 19.0. The smallest absolute Gasteiger partial charge is 0.214 e. The van der Waals surface area contributed by atoms with Crippen LogP contribution in [-0.2, 0) is 0 Å². The van der Waals surface area contributed by atoms with Crippen LogP contribution in [0.15, 0.2) is 28.7 Å². The molecule has 0 bridgehead atoms. The van der Waals surface area contributed by atoms with Gasteiger partial charge >= 0.3 is 0 Å². The lowest BCUT2D eigenvalue weighted by Gasteiger charge is -2.20. The molecular formula is C14H14FNO2. The van der Waals surface area contributed by atoms with Gasteiger partial charge in [-0.15, -0.1) is 0 Å². The van der Waals surface area contributed by atoms with Gasteiger partial charge in [-0.25, -0.2) is 4.39 Å². The summed E-state index contributed by atoms with van der Waals surface area (Å²) in [5.41, 5.74) is 0.425. The van der Waals surface area contributed by atoms with Crippen LogP contribution in [0.5, 0.6) is 0 Å². The average molecular weight is 247 g/mol. The number of Topliss-reactive ketones (excluding diaryl/α,β-unsaturated/α-hetero) is 1. The van der Waals surface area contributed by atoms with E-state index >= 15 is 0 Å². The summed E-state index contributed by atoms with van der Waals surface area (Å²) in [4.78, 5) is 12.2. The summed E-state index contributed by atoms with van der Waals surface area (Å²) in [7, 11) is 0. The number of fused-ring (bicyclic) bond motifs is 1. The zero-order valence-electron chi connectivity index (χ0n) is 9.91. The maximum Gasteiger partial charge on any atom is 0.214 e. The van der Waals surface area contributed by atoms with Crippen molar-refractivity contribution in [1.82, 2.24) is 5.32 Å². The number of ketones is 1. The van der Waals surface area contributed by atoms with Crippen molar-refractivity contribution in [2.45, 2.75) is 25.3 Å². The van der Waals surface area contributed by atoms with Crippen LogP contribution < -0.4 is 5.32 Å². The van der Waals surface area contributed by atoms with Gasteiger partial charge in [0.15, 0.2) is 5.76 Å². The van der Waals surface area contributed by atoms with E-state index in [0.29, 0.717) is 11.0 Å². The highest BCUT2D eigenvalue weighted by atomic mass is 19.1. The Bertz CT molecular complexity index is 584. The fraction of sp³-hybridized carbons (Fsp3) is 0.357. The normalized spacial score (nSPS) is 20.2. The van der Waals surface area contributed by atoms with E-state index in [1.54, 1.807) is 12.1 Å². The number of carbonyl (C=O) groups is 1. The number of halogens is 1. The van der Waals surface area contributed by atoms with E-state index in [4.69, 9.17) is 4.42 Å². The average Bonchev–Trinajstić information content (AvgIpc) is 2.84. The molecule has 1 fully saturated rings. The van der Waals surface area contributed by atoms with Crippen molar-refractivity contribution in [3.8, 4) is 0 Å². The summed E-state index contributed by atoms with van der Waals surface area (Å²) in [5.74, 6) is -0.188. The first-order valence-electron chi connectivity index (χ1n) is 6.21. The van der Waals surface area contributed by atoms with E-state index in [0.717, 1.165) is 25.8 Å². The Morgan fingerprint density at radius 1 is 1.39 bits per heavy atom. The van der Waals surface area contributed by atoms with Crippen LogP contribution in [0.4, 0.5) is 4.39 Å². The zero-order valence-corrected chi connectivity index (χ0v) is 9.91. The second-order valence-electron chi connectivity index (χ2n) is 4.63. The molecule has 1 aromatic carbocycles. The van der Waals surface area contributed by atoms with Crippen molar-refractivity contribution in [2.75, 3.05) is 6.54 Å². The molecule has 0 spiro atoms. The molecule has 18 heavy (non-hydrogen) atoms. The van der Waals surface area contributed by atoms with Crippen LogP contribution >= 0.6 is 0 Å². The van der Waals surface area contributed by atoms with Gasteiger partial charge in [0.2, 0.25) is 5.78 Å². The second-order valence-corrected chi connectivity index (χ2v) is 4.63. The molecule has 1 aromatic heterocycles. The van der Waals surface area contributed by atoms with Gasteiger partial charge in [0, 0.05) is 0 Å². The molecule has 2 aromatic rings. The predicted molar refractivity (Wildman–Crippen MR) is 66.1 cm³/mol. The number of benzene rings is 1. The standard InChI is InChI=1S/C14H14FNO2/c15-10-4-3-6-12-9(10)8-13(18-12)14(17)11-5-1-2-7-16-11/h3-4,6,8,11,16H,1-2,5,7H2.